The summed E-state index contributed by atoms with van der Waals surface area (Å²) in [4.78, 5) is 4.27. The Morgan fingerprint density at radius 3 is 2.85 bits per heavy atom. The predicted molar refractivity (Wildman–Crippen MR) is 57.7 cm³/mol. The van der Waals surface area contributed by atoms with Crippen LogP contribution in [-0.4, -0.2) is 11.0 Å². The Morgan fingerprint density at radius 2 is 2.31 bits per heavy atom. The third-order valence-electron chi connectivity index (χ3n) is 2.58. The highest BCUT2D eigenvalue weighted by molar-refractivity contribution is 9.10. The predicted octanol–water partition coefficient (Wildman–Crippen LogP) is 3.05. The molecule has 2 nitrogen and oxygen atoms in total. The first-order valence-electron chi connectivity index (χ1n) is 4.47. The van der Waals surface area contributed by atoms with E-state index < -0.39 is 0 Å². The molecular weight excluding hydrogens is 228 g/mol. The standard InChI is InChI=1S/C10H13BrN2/c1-10(2)6-8(10)13-9-7(11)4-3-5-12-9/h3-5,8H,6H2,1-2H3,(H,12,13). The number of hydrogen-bond acceptors (Lipinski definition) is 2. The van der Waals surface area contributed by atoms with E-state index in [0.717, 1.165) is 10.3 Å². The van der Waals surface area contributed by atoms with Gasteiger partial charge in [0.15, 0.2) is 0 Å². The van der Waals surface area contributed by atoms with Gasteiger partial charge in [0.1, 0.15) is 5.82 Å². The molecule has 1 aromatic rings. The summed E-state index contributed by atoms with van der Waals surface area (Å²) in [6.45, 7) is 4.53. The zero-order valence-corrected chi connectivity index (χ0v) is 9.43. The fraction of sp³-hybridized carbons (Fsp3) is 0.500. The van der Waals surface area contributed by atoms with Crippen molar-refractivity contribution in [2.24, 2.45) is 5.41 Å². The first-order chi connectivity index (χ1) is 6.09. The van der Waals surface area contributed by atoms with Crippen LogP contribution < -0.4 is 5.32 Å². The summed E-state index contributed by atoms with van der Waals surface area (Å²) in [5.41, 5.74) is 0.441. The molecule has 0 aliphatic heterocycles. The molecule has 13 heavy (non-hydrogen) atoms. The number of rotatable bonds is 2. The number of nitrogens with zero attached hydrogens (tertiary/aromatic N) is 1. The van der Waals surface area contributed by atoms with Crippen LogP contribution in [0.25, 0.3) is 0 Å². The van der Waals surface area contributed by atoms with Gasteiger partial charge in [0.25, 0.3) is 0 Å². The van der Waals surface area contributed by atoms with E-state index in [-0.39, 0.29) is 0 Å². The molecule has 1 heterocycles. The average molecular weight is 241 g/mol. The van der Waals surface area contributed by atoms with Crippen molar-refractivity contribution in [3.8, 4) is 0 Å². The monoisotopic (exact) mass is 240 g/mol. The van der Waals surface area contributed by atoms with Gasteiger partial charge in [0.05, 0.1) is 4.47 Å². The zero-order chi connectivity index (χ0) is 9.47. The fourth-order valence-electron chi connectivity index (χ4n) is 1.37. The highest BCUT2D eigenvalue weighted by Crippen LogP contribution is 2.46. The first kappa shape index (κ1) is 9.00. The Hall–Kier alpha value is -0.570. The summed E-state index contributed by atoms with van der Waals surface area (Å²) in [6, 6.07) is 4.51. The van der Waals surface area contributed by atoms with Crippen molar-refractivity contribution >= 4 is 21.7 Å². The van der Waals surface area contributed by atoms with Crippen molar-refractivity contribution < 1.29 is 0 Å². The van der Waals surface area contributed by atoms with E-state index in [0.29, 0.717) is 11.5 Å². The second-order valence-corrected chi connectivity index (χ2v) is 5.08. The van der Waals surface area contributed by atoms with Gasteiger partial charge in [-0.25, -0.2) is 4.98 Å². The average Bonchev–Trinajstić information content (AvgIpc) is 2.64. The molecule has 1 N–H and O–H groups in total. The summed E-state index contributed by atoms with van der Waals surface area (Å²) in [5, 5.41) is 3.42. The lowest BCUT2D eigenvalue weighted by Gasteiger charge is -2.08. The lowest BCUT2D eigenvalue weighted by atomic mass is 10.2. The van der Waals surface area contributed by atoms with Gasteiger partial charge >= 0.3 is 0 Å². The van der Waals surface area contributed by atoms with Crippen LogP contribution in [0.5, 0.6) is 0 Å². The van der Waals surface area contributed by atoms with Crippen LogP contribution in [0, 0.1) is 5.41 Å². The largest absolute Gasteiger partial charge is 0.366 e. The number of anilines is 1. The third-order valence-corrected chi connectivity index (χ3v) is 3.22. The number of halogens is 1. The van der Waals surface area contributed by atoms with Crippen LogP contribution in [0.2, 0.25) is 0 Å². The van der Waals surface area contributed by atoms with Crippen LogP contribution >= 0.6 is 15.9 Å². The van der Waals surface area contributed by atoms with Crippen LogP contribution in [0.4, 0.5) is 5.82 Å². The quantitative estimate of drug-likeness (QED) is 0.860. The minimum Gasteiger partial charge on any atom is -0.366 e. The van der Waals surface area contributed by atoms with E-state index >= 15 is 0 Å². The van der Waals surface area contributed by atoms with E-state index in [9.17, 15) is 0 Å². The molecule has 1 aliphatic carbocycles. The number of aromatic nitrogens is 1. The van der Waals surface area contributed by atoms with Gasteiger partial charge in [-0.1, -0.05) is 13.8 Å². The first-order valence-corrected chi connectivity index (χ1v) is 5.26. The molecule has 0 bridgehead atoms. The highest BCUT2D eigenvalue weighted by atomic mass is 79.9. The molecule has 1 fully saturated rings. The molecule has 3 heteroatoms. The Kier molecular flexibility index (Phi) is 2.06. The maximum atomic E-state index is 4.27. The molecule has 1 atom stereocenters. The number of hydrogen-bond donors (Lipinski definition) is 1. The maximum Gasteiger partial charge on any atom is 0.140 e. The van der Waals surface area contributed by atoms with Crippen molar-refractivity contribution in [2.45, 2.75) is 26.3 Å². The summed E-state index contributed by atoms with van der Waals surface area (Å²) in [7, 11) is 0. The fourth-order valence-corrected chi connectivity index (χ4v) is 1.74. The molecule has 0 aromatic carbocycles. The van der Waals surface area contributed by atoms with Gasteiger partial charge in [-0.15, -0.1) is 0 Å². The van der Waals surface area contributed by atoms with Crippen molar-refractivity contribution in [3.05, 3.63) is 22.8 Å². The van der Waals surface area contributed by atoms with Crippen molar-refractivity contribution in [1.82, 2.24) is 4.98 Å². The summed E-state index contributed by atoms with van der Waals surface area (Å²) in [5.74, 6) is 0.957. The Bertz CT molecular complexity index is 322. The van der Waals surface area contributed by atoms with Gasteiger partial charge in [0, 0.05) is 12.2 Å². The normalized spacial score (nSPS) is 24.1. The maximum absolute atomic E-state index is 4.27. The minimum atomic E-state index is 0.441. The Morgan fingerprint density at radius 1 is 1.62 bits per heavy atom. The minimum absolute atomic E-state index is 0.441. The topological polar surface area (TPSA) is 24.9 Å². The molecule has 1 saturated carbocycles. The van der Waals surface area contributed by atoms with E-state index in [1.54, 1.807) is 0 Å². The van der Waals surface area contributed by atoms with Crippen molar-refractivity contribution in [1.29, 1.82) is 0 Å². The zero-order valence-electron chi connectivity index (χ0n) is 7.84. The van der Waals surface area contributed by atoms with Gasteiger partial charge in [-0.3, -0.25) is 0 Å². The smallest absolute Gasteiger partial charge is 0.140 e. The van der Waals surface area contributed by atoms with Gasteiger partial charge < -0.3 is 5.32 Å². The highest BCUT2D eigenvalue weighted by Gasteiger charge is 2.45. The second-order valence-electron chi connectivity index (χ2n) is 4.22. The second kappa shape index (κ2) is 2.98. The molecule has 0 amide bonds. The van der Waals surface area contributed by atoms with Crippen molar-refractivity contribution in [3.63, 3.8) is 0 Å². The molecule has 2 rings (SSSR count). The van der Waals surface area contributed by atoms with Crippen LogP contribution in [0.15, 0.2) is 22.8 Å². The third kappa shape index (κ3) is 1.85. The van der Waals surface area contributed by atoms with E-state index in [2.05, 4.69) is 40.1 Å². The number of nitrogens with one attached hydrogen (secondary N) is 1. The molecule has 0 radical (unpaired) electrons. The van der Waals surface area contributed by atoms with Crippen LogP contribution in [0.1, 0.15) is 20.3 Å². The number of pyridine rings is 1. The Labute approximate surface area is 86.9 Å². The van der Waals surface area contributed by atoms with Gasteiger partial charge in [-0.05, 0) is 39.9 Å². The molecule has 1 unspecified atom stereocenters. The molecule has 0 spiro atoms. The van der Waals surface area contributed by atoms with Gasteiger partial charge in [-0.2, -0.15) is 0 Å². The van der Waals surface area contributed by atoms with Crippen molar-refractivity contribution in [2.75, 3.05) is 5.32 Å². The molecule has 70 valence electrons. The Balaban J connectivity index is 2.07. The molecule has 1 aliphatic rings. The summed E-state index contributed by atoms with van der Waals surface area (Å²) in [6.07, 6.45) is 3.04. The van der Waals surface area contributed by atoms with E-state index in [4.69, 9.17) is 0 Å². The molecule has 1 aromatic heterocycles. The SMILES string of the molecule is CC1(C)CC1Nc1ncccc1Br. The van der Waals surface area contributed by atoms with E-state index in [1.807, 2.05) is 18.3 Å². The van der Waals surface area contributed by atoms with Crippen LogP contribution in [0.3, 0.4) is 0 Å². The molecule has 0 saturated heterocycles. The van der Waals surface area contributed by atoms with Gasteiger partial charge in [0.2, 0.25) is 0 Å². The van der Waals surface area contributed by atoms with Crippen LogP contribution in [-0.2, 0) is 0 Å². The lowest BCUT2D eigenvalue weighted by molar-refractivity contribution is 0.630. The van der Waals surface area contributed by atoms with E-state index in [1.165, 1.54) is 6.42 Å². The lowest BCUT2D eigenvalue weighted by Crippen LogP contribution is -2.09. The summed E-state index contributed by atoms with van der Waals surface area (Å²) < 4.78 is 1.04. The summed E-state index contributed by atoms with van der Waals surface area (Å²) >= 11 is 3.47. The molecular formula is C10H13BrN2.